The summed E-state index contributed by atoms with van der Waals surface area (Å²) in [5.41, 5.74) is 12.2. The number of hydrogen-bond donors (Lipinski definition) is 2. The number of hydrogen-bond acceptors (Lipinski definition) is 2. The van der Waals surface area contributed by atoms with Crippen LogP contribution in [-0.2, 0) is 0 Å². The molecule has 0 bridgehead atoms. The van der Waals surface area contributed by atoms with Gasteiger partial charge in [-0.3, -0.25) is 0 Å². The molecular formula is C14H12F4N2. The molecule has 0 unspecified atom stereocenters. The van der Waals surface area contributed by atoms with E-state index < -0.39 is 35.4 Å². The lowest BCUT2D eigenvalue weighted by Crippen LogP contribution is -2.26. The Hall–Kier alpha value is -1.92. The Morgan fingerprint density at radius 1 is 0.600 bits per heavy atom. The fourth-order valence-corrected chi connectivity index (χ4v) is 1.85. The summed E-state index contributed by atoms with van der Waals surface area (Å²) in [5, 5.41) is 0. The molecule has 2 aromatic rings. The van der Waals surface area contributed by atoms with Gasteiger partial charge in [-0.1, -0.05) is 12.1 Å². The van der Waals surface area contributed by atoms with Crippen molar-refractivity contribution in [3.05, 3.63) is 70.8 Å². The molecular weight excluding hydrogens is 272 g/mol. The van der Waals surface area contributed by atoms with Crippen molar-refractivity contribution in [3.63, 3.8) is 0 Å². The highest BCUT2D eigenvalue weighted by atomic mass is 19.2. The fraction of sp³-hybridized carbons (Fsp3) is 0.143. The van der Waals surface area contributed by atoms with Crippen molar-refractivity contribution in [1.29, 1.82) is 0 Å². The first-order valence-electron chi connectivity index (χ1n) is 5.81. The van der Waals surface area contributed by atoms with E-state index in [1.165, 1.54) is 12.1 Å². The minimum atomic E-state index is -1.05. The van der Waals surface area contributed by atoms with Gasteiger partial charge in [-0.25, -0.2) is 17.6 Å². The predicted molar refractivity (Wildman–Crippen MR) is 66.6 cm³/mol. The second-order valence-electron chi connectivity index (χ2n) is 4.40. The lowest BCUT2D eigenvalue weighted by molar-refractivity contribution is 0.494. The summed E-state index contributed by atoms with van der Waals surface area (Å²) in [6, 6.07) is 4.56. The number of rotatable bonds is 3. The maximum absolute atomic E-state index is 13.1. The largest absolute Gasteiger partial charge is 0.322 e. The van der Waals surface area contributed by atoms with Gasteiger partial charge in [-0.05, 0) is 35.4 Å². The zero-order valence-corrected chi connectivity index (χ0v) is 10.3. The zero-order valence-electron chi connectivity index (χ0n) is 10.3. The molecule has 0 saturated carbocycles. The van der Waals surface area contributed by atoms with Crippen molar-refractivity contribution in [2.24, 2.45) is 11.5 Å². The van der Waals surface area contributed by atoms with Gasteiger partial charge in [-0.2, -0.15) is 0 Å². The maximum atomic E-state index is 13.1. The first-order valence-corrected chi connectivity index (χ1v) is 5.81. The Morgan fingerprint density at radius 2 is 0.950 bits per heavy atom. The predicted octanol–water partition coefficient (Wildman–Crippen LogP) is 2.94. The van der Waals surface area contributed by atoms with Crippen molar-refractivity contribution in [3.8, 4) is 0 Å². The summed E-state index contributed by atoms with van der Waals surface area (Å²) in [6.45, 7) is 0. The van der Waals surface area contributed by atoms with Gasteiger partial charge in [0.15, 0.2) is 23.3 Å². The second kappa shape index (κ2) is 5.60. The zero-order chi connectivity index (χ0) is 14.9. The molecule has 0 amide bonds. The van der Waals surface area contributed by atoms with Crippen LogP contribution in [0.5, 0.6) is 0 Å². The molecule has 6 heteroatoms. The monoisotopic (exact) mass is 284 g/mol. The molecule has 0 aliphatic rings. The fourth-order valence-electron chi connectivity index (χ4n) is 1.85. The first-order chi connectivity index (χ1) is 9.40. The Kier molecular flexibility index (Phi) is 4.06. The third kappa shape index (κ3) is 2.81. The quantitative estimate of drug-likeness (QED) is 0.851. The summed E-state index contributed by atoms with van der Waals surface area (Å²) in [4.78, 5) is 0. The lowest BCUT2D eigenvalue weighted by atomic mass is 9.94. The van der Waals surface area contributed by atoms with E-state index in [9.17, 15) is 17.6 Å². The molecule has 0 aromatic heterocycles. The van der Waals surface area contributed by atoms with Crippen LogP contribution in [0, 0.1) is 23.3 Å². The standard InChI is InChI=1S/C14H12F4N2/c15-9-3-1-7(5-11(9)17)13(19)14(20)8-2-4-10(16)12(18)6-8/h1-6,13-14H,19-20H2/t13-,14-/m0/s1. The molecule has 0 saturated heterocycles. The topological polar surface area (TPSA) is 52.0 Å². The average Bonchev–Trinajstić information content (AvgIpc) is 2.43. The van der Waals surface area contributed by atoms with Crippen molar-refractivity contribution < 1.29 is 17.6 Å². The summed E-state index contributed by atoms with van der Waals surface area (Å²) >= 11 is 0. The van der Waals surface area contributed by atoms with E-state index in [1.54, 1.807) is 0 Å². The van der Waals surface area contributed by atoms with Crippen LogP contribution in [0.4, 0.5) is 17.6 Å². The molecule has 0 aliphatic carbocycles. The molecule has 106 valence electrons. The number of halogens is 4. The minimum absolute atomic E-state index is 0.265. The summed E-state index contributed by atoms with van der Waals surface area (Å²) in [7, 11) is 0. The van der Waals surface area contributed by atoms with Gasteiger partial charge in [0, 0.05) is 12.1 Å². The van der Waals surface area contributed by atoms with Gasteiger partial charge in [0.25, 0.3) is 0 Å². The summed E-state index contributed by atoms with van der Waals surface area (Å²) in [6.07, 6.45) is 0. The number of nitrogens with two attached hydrogens (primary N) is 2. The Labute approximate surface area is 113 Å². The number of benzene rings is 2. The van der Waals surface area contributed by atoms with E-state index >= 15 is 0 Å². The van der Waals surface area contributed by atoms with Gasteiger partial charge in [-0.15, -0.1) is 0 Å². The Bertz CT molecular complexity index is 575. The second-order valence-corrected chi connectivity index (χ2v) is 4.40. The lowest BCUT2D eigenvalue weighted by Gasteiger charge is -2.21. The van der Waals surface area contributed by atoms with Crippen LogP contribution in [0.15, 0.2) is 36.4 Å². The maximum Gasteiger partial charge on any atom is 0.159 e. The smallest absolute Gasteiger partial charge is 0.159 e. The van der Waals surface area contributed by atoms with E-state index in [1.807, 2.05) is 0 Å². The molecule has 0 heterocycles. The Balaban J connectivity index is 2.29. The van der Waals surface area contributed by atoms with E-state index in [0.29, 0.717) is 0 Å². The molecule has 2 rings (SSSR count). The molecule has 2 atom stereocenters. The highest BCUT2D eigenvalue weighted by molar-refractivity contribution is 5.28. The first kappa shape index (κ1) is 14.5. The van der Waals surface area contributed by atoms with Gasteiger partial charge in [0.05, 0.1) is 0 Å². The molecule has 0 radical (unpaired) electrons. The van der Waals surface area contributed by atoms with Crippen molar-refractivity contribution in [2.45, 2.75) is 12.1 Å². The van der Waals surface area contributed by atoms with Crippen molar-refractivity contribution in [1.82, 2.24) is 0 Å². The normalized spacial score (nSPS) is 14.1. The molecule has 20 heavy (non-hydrogen) atoms. The van der Waals surface area contributed by atoms with Gasteiger partial charge >= 0.3 is 0 Å². The van der Waals surface area contributed by atoms with Crippen LogP contribution >= 0.6 is 0 Å². The SMILES string of the molecule is N[C@@H](c1ccc(F)c(F)c1)[C@@H](N)c1ccc(F)c(F)c1. The summed E-state index contributed by atoms with van der Waals surface area (Å²) in [5.74, 6) is -4.09. The molecule has 2 nitrogen and oxygen atoms in total. The molecule has 4 N–H and O–H groups in total. The third-order valence-corrected chi connectivity index (χ3v) is 3.04. The van der Waals surface area contributed by atoms with Crippen molar-refractivity contribution >= 4 is 0 Å². The van der Waals surface area contributed by atoms with E-state index in [-0.39, 0.29) is 11.1 Å². The molecule has 0 aliphatic heterocycles. The average molecular weight is 284 g/mol. The van der Waals surface area contributed by atoms with E-state index in [0.717, 1.165) is 24.3 Å². The molecule has 2 aromatic carbocycles. The highest BCUT2D eigenvalue weighted by Gasteiger charge is 2.20. The minimum Gasteiger partial charge on any atom is -0.322 e. The molecule has 0 fully saturated rings. The van der Waals surface area contributed by atoms with Crippen molar-refractivity contribution in [2.75, 3.05) is 0 Å². The van der Waals surface area contributed by atoms with Gasteiger partial charge in [0.2, 0.25) is 0 Å². The van der Waals surface area contributed by atoms with E-state index in [4.69, 9.17) is 11.5 Å². The van der Waals surface area contributed by atoms with Crippen LogP contribution in [0.3, 0.4) is 0 Å². The van der Waals surface area contributed by atoms with Crippen LogP contribution < -0.4 is 11.5 Å². The summed E-state index contributed by atoms with van der Waals surface area (Å²) < 4.78 is 52.0. The van der Waals surface area contributed by atoms with Gasteiger partial charge < -0.3 is 11.5 Å². The highest BCUT2D eigenvalue weighted by Crippen LogP contribution is 2.26. The third-order valence-electron chi connectivity index (χ3n) is 3.04. The van der Waals surface area contributed by atoms with Crippen LogP contribution in [-0.4, -0.2) is 0 Å². The molecule has 0 spiro atoms. The van der Waals surface area contributed by atoms with Crippen LogP contribution in [0.2, 0.25) is 0 Å². The van der Waals surface area contributed by atoms with Crippen LogP contribution in [0.25, 0.3) is 0 Å². The van der Waals surface area contributed by atoms with Crippen LogP contribution in [0.1, 0.15) is 23.2 Å². The van der Waals surface area contributed by atoms with Gasteiger partial charge in [0.1, 0.15) is 0 Å². The Morgan fingerprint density at radius 3 is 1.25 bits per heavy atom. The van der Waals surface area contributed by atoms with E-state index in [2.05, 4.69) is 0 Å².